The fourth-order valence-corrected chi connectivity index (χ4v) is 3.17. The van der Waals surface area contributed by atoms with Crippen LogP contribution < -0.4 is 10.2 Å². The van der Waals surface area contributed by atoms with Gasteiger partial charge in [0.25, 0.3) is 5.91 Å². The minimum Gasteiger partial charge on any atom is -0.467 e. The maximum atomic E-state index is 12.2. The number of benzene rings is 1. The molecule has 2 aromatic rings. The lowest BCUT2D eigenvalue weighted by atomic mass is 10.1. The van der Waals surface area contributed by atoms with Crippen LogP contribution in [0.25, 0.3) is 0 Å². The molecule has 6 heteroatoms. The smallest absolute Gasteiger partial charge is 0.263 e. The predicted molar refractivity (Wildman–Crippen MR) is 104 cm³/mol. The Balaban J connectivity index is 1.58. The molecule has 1 N–H and O–H groups in total. The molecule has 27 heavy (non-hydrogen) atoms. The summed E-state index contributed by atoms with van der Waals surface area (Å²) in [5, 5.41) is 12.1. The van der Waals surface area contributed by atoms with Gasteiger partial charge in [-0.1, -0.05) is 12.1 Å². The van der Waals surface area contributed by atoms with Gasteiger partial charge in [-0.15, -0.1) is 0 Å². The van der Waals surface area contributed by atoms with Crippen molar-refractivity contribution in [2.24, 2.45) is 0 Å². The number of furan rings is 1. The lowest BCUT2D eigenvalue weighted by Crippen LogP contribution is -2.44. The van der Waals surface area contributed by atoms with Crippen molar-refractivity contribution in [1.82, 2.24) is 10.2 Å². The molecule has 1 aromatic carbocycles. The van der Waals surface area contributed by atoms with Crippen molar-refractivity contribution in [3.63, 3.8) is 0 Å². The number of amides is 1. The molecule has 0 aliphatic carbocycles. The van der Waals surface area contributed by atoms with Gasteiger partial charge in [0.05, 0.1) is 12.8 Å². The number of hydrogen-bond donors (Lipinski definition) is 1. The number of anilines is 1. The first kappa shape index (κ1) is 18.6. The minimum absolute atomic E-state index is 0.113. The summed E-state index contributed by atoms with van der Waals surface area (Å²) in [4.78, 5) is 16.6. The summed E-state index contributed by atoms with van der Waals surface area (Å²) in [6, 6.07) is 11.9. The molecule has 0 unspecified atom stereocenters. The van der Waals surface area contributed by atoms with Gasteiger partial charge in [0.15, 0.2) is 0 Å². The lowest BCUT2D eigenvalue weighted by molar-refractivity contribution is -0.117. The van der Waals surface area contributed by atoms with Gasteiger partial charge in [0.1, 0.15) is 17.4 Å². The average molecular weight is 364 g/mol. The Bertz CT molecular complexity index is 857. The topological polar surface area (TPSA) is 72.5 Å². The van der Waals surface area contributed by atoms with E-state index < -0.39 is 0 Å². The molecule has 1 saturated heterocycles. The molecule has 1 aliphatic rings. The molecule has 6 nitrogen and oxygen atoms in total. The molecule has 0 spiro atoms. The van der Waals surface area contributed by atoms with Gasteiger partial charge < -0.3 is 19.5 Å². The van der Waals surface area contributed by atoms with E-state index in [0.29, 0.717) is 5.76 Å². The Morgan fingerprint density at radius 2 is 2.00 bits per heavy atom. The van der Waals surface area contributed by atoms with E-state index in [9.17, 15) is 10.1 Å². The van der Waals surface area contributed by atoms with Gasteiger partial charge in [0.2, 0.25) is 0 Å². The predicted octanol–water partition coefficient (Wildman–Crippen LogP) is 2.74. The average Bonchev–Trinajstić information content (AvgIpc) is 3.20. The Morgan fingerprint density at radius 3 is 2.67 bits per heavy atom. The van der Waals surface area contributed by atoms with Gasteiger partial charge in [-0.2, -0.15) is 5.26 Å². The number of aryl methyl sites for hydroxylation is 1. The summed E-state index contributed by atoms with van der Waals surface area (Å²) in [5.74, 6) is 0.272. The molecule has 0 atom stereocenters. The SMILES string of the molecule is Cc1cccc(N2CCN(/C=C(/C#N)C(=O)NCc3ccco3)CC2)c1C. The van der Waals surface area contributed by atoms with Crippen LogP contribution in [0.2, 0.25) is 0 Å². The fraction of sp³-hybridized carbons (Fsp3) is 0.333. The van der Waals surface area contributed by atoms with E-state index in [1.165, 1.54) is 16.8 Å². The largest absolute Gasteiger partial charge is 0.467 e. The molecule has 3 rings (SSSR count). The van der Waals surface area contributed by atoms with E-state index >= 15 is 0 Å². The number of carbonyl (C=O) groups excluding carboxylic acids is 1. The Morgan fingerprint density at radius 1 is 1.22 bits per heavy atom. The van der Waals surface area contributed by atoms with Crippen molar-refractivity contribution in [3.05, 3.63) is 65.3 Å². The second kappa shape index (κ2) is 8.45. The molecule has 2 heterocycles. The summed E-state index contributed by atoms with van der Waals surface area (Å²) in [7, 11) is 0. The number of carbonyl (C=O) groups is 1. The molecule has 140 valence electrons. The van der Waals surface area contributed by atoms with E-state index in [4.69, 9.17) is 4.42 Å². The summed E-state index contributed by atoms with van der Waals surface area (Å²) < 4.78 is 5.19. The van der Waals surface area contributed by atoms with Gasteiger partial charge >= 0.3 is 0 Å². The fourth-order valence-electron chi connectivity index (χ4n) is 3.17. The maximum absolute atomic E-state index is 12.2. The Hall–Kier alpha value is -3.20. The van der Waals surface area contributed by atoms with E-state index in [2.05, 4.69) is 42.3 Å². The molecule has 1 amide bonds. The van der Waals surface area contributed by atoms with Crippen molar-refractivity contribution in [2.75, 3.05) is 31.1 Å². The van der Waals surface area contributed by atoms with Crippen LogP contribution in [0.1, 0.15) is 16.9 Å². The van der Waals surface area contributed by atoms with Gasteiger partial charge in [-0.05, 0) is 43.2 Å². The summed E-state index contributed by atoms with van der Waals surface area (Å²) in [6.45, 7) is 7.78. The van der Waals surface area contributed by atoms with Gasteiger partial charge in [-0.25, -0.2) is 0 Å². The number of hydrogen-bond acceptors (Lipinski definition) is 5. The van der Waals surface area contributed by atoms with Crippen LogP contribution >= 0.6 is 0 Å². The highest BCUT2D eigenvalue weighted by Gasteiger charge is 2.19. The normalized spacial score (nSPS) is 14.8. The zero-order chi connectivity index (χ0) is 19.2. The standard InChI is InChI=1S/C21H24N4O2/c1-16-5-3-7-20(17(16)2)25-10-8-24(9-11-25)15-18(13-22)21(26)23-14-19-6-4-12-27-19/h3-7,12,15H,8-11,14H2,1-2H3,(H,23,26)/b18-15-. The Labute approximate surface area is 159 Å². The molecule has 0 bridgehead atoms. The number of rotatable bonds is 5. The van der Waals surface area contributed by atoms with Crippen LogP contribution in [-0.2, 0) is 11.3 Å². The van der Waals surface area contributed by atoms with Crippen molar-refractivity contribution in [1.29, 1.82) is 5.26 Å². The van der Waals surface area contributed by atoms with Crippen LogP contribution in [0.5, 0.6) is 0 Å². The van der Waals surface area contributed by atoms with Crippen LogP contribution in [0.3, 0.4) is 0 Å². The molecule has 1 fully saturated rings. The summed E-state index contributed by atoms with van der Waals surface area (Å²) in [6.07, 6.45) is 3.22. The van der Waals surface area contributed by atoms with E-state index in [0.717, 1.165) is 26.2 Å². The third-order valence-electron chi connectivity index (χ3n) is 4.91. The highest BCUT2D eigenvalue weighted by Crippen LogP contribution is 2.24. The maximum Gasteiger partial charge on any atom is 0.263 e. The summed E-state index contributed by atoms with van der Waals surface area (Å²) >= 11 is 0. The number of nitrogens with zero attached hydrogens (tertiary/aromatic N) is 3. The van der Waals surface area contributed by atoms with Gasteiger partial charge in [-0.3, -0.25) is 4.79 Å². The summed E-state index contributed by atoms with van der Waals surface area (Å²) in [5.41, 5.74) is 3.96. The van der Waals surface area contributed by atoms with Crippen molar-refractivity contribution in [2.45, 2.75) is 20.4 Å². The number of piperazine rings is 1. The van der Waals surface area contributed by atoms with Crippen molar-refractivity contribution >= 4 is 11.6 Å². The highest BCUT2D eigenvalue weighted by atomic mass is 16.3. The first-order chi connectivity index (χ1) is 13.1. The zero-order valence-electron chi connectivity index (χ0n) is 15.7. The molecule has 0 saturated carbocycles. The van der Waals surface area contributed by atoms with E-state index in [-0.39, 0.29) is 18.0 Å². The van der Waals surface area contributed by atoms with Crippen molar-refractivity contribution in [3.8, 4) is 6.07 Å². The zero-order valence-corrected chi connectivity index (χ0v) is 15.7. The monoisotopic (exact) mass is 364 g/mol. The Kier molecular flexibility index (Phi) is 5.82. The molecule has 1 aromatic heterocycles. The third kappa shape index (κ3) is 4.50. The first-order valence-corrected chi connectivity index (χ1v) is 9.06. The lowest BCUT2D eigenvalue weighted by Gasteiger charge is -2.36. The molecular weight excluding hydrogens is 340 g/mol. The minimum atomic E-state index is -0.383. The first-order valence-electron chi connectivity index (χ1n) is 9.06. The quantitative estimate of drug-likeness (QED) is 0.652. The molecular formula is C21H24N4O2. The van der Waals surface area contributed by atoms with Crippen LogP contribution in [-0.4, -0.2) is 37.0 Å². The van der Waals surface area contributed by atoms with Crippen molar-refractivity contribution < 1.29 is 9.21 Å². The second-order valence-electron chi connectivity index (χ2n) is 6.66. The number of nitrogens with one attached hydrogen (secondary N) is 1. The van der Waals surface area contributed by atoms with E-state index in [1.54, 1.807) is 24.6 Å². The van der Waals surface area contributed by atoms with Gasteiger partial charge in [0, 0.05) is 38.1 Å². The van der Waals surface area contributed by atoms with Crippen LogP contribution in [0, 0.1) is 25.2 Å². The second-order valence-corrected chi connectivity index (χ2v) is 6.66. The molecule has 0 radical (unpaired) electrons. The molecule has 1 aliphatic heterocycles. The van der Waals surface area contributed by atoms with Crippen LogP contribution in [0.4, 0.5) is 5.69 Å². The van der Waals surface area contributed by atoms with Crippen LogP contribution in [0.15, 0.2) is 52.8 Å². The van der Waals surface area contributed by atoms with E-state index in [1.807, 2.05) is 11.0 Å². The highest BCUT2D eigenvalue weighted by molar-refractivity contribution is 5.97. The number of nitriles is 1. The third-order valence-corrected chi connectivity index (χ3v) is 4.91.